The summed E-state index contributed by atoms with van der Waals surface area (Å²) >= 11 is 0. The first-order chi connectivity index (χ1) is 17.1. The zero-order chi connectivity index (χ0) is 25.7. The molecule has 8 atom stereocenters. The van der Waals surface area contributed by atoms with Crippen LogP contribution in [-0.2, 0) is 19.6 Å². The Labute approximate surface area is 217 Å². The number of sulfonamides is 1. The van der Waals surface area contributed by atoms with Gasteiger partial charge in [-0.2, -0.15) is 0 Å². The summed E-state index contributed by atoms with van der Waals surface area (Å²) in [7, 11) is -3.46. The maximum Gasteiger partial charge on any atom is 0.240 e. The maximum atomic E-state index is 13.5. The molecule has 1 N–H and O–H groups in total. The van der Waals surface area contributed by atoms with Crippen molar-refractivity contribution in [1.82, 2.24) is 4.72 Å². The molecule has 6 heteroatoms. The van der Waals surface area contributed by atoms with Crippen molar-refractivity contribution in [3.63, 3.8) is 0 Å². The largest absolute Gasteiger partial charge is 0.300 e. The Hall–Kier alpha value is -1.53. The second kappa shape index (κ2) is 9.65. The Morgan fingerprint density at radius 1 is 0.972 bits per heavy atom. The molecule has 0 amide bonds. The van der Waals surface area contributed by atoms with Gasteiger partial charge in [0.05, 0.1) is 4.90 Å². The third kappa shape index (κ3) is 4.40. The highest BCUT2D eigenvalue weighted by Crippen LogP contribution is 2.67. The molecule has 0 aromatic heterocycles. The number of carbonyl (C=O) groups excluding carboxylic acids is 2. The van der Waals surface area contributed by atoms with E-state index in [1.165, 1.54) is 12.8 Å². The predicted octanol–water partition coefficient (Wildman–Crippen LogP) is 5.79. The number of ketones is 2. The van der Waals surface area contributed by atoms with E-state index in [9.17, 15) is 18.0 Å². The van der Waals surface area contributed by atoms with Crippen LogP contribution in [0.3, 0.4) is 0 Å². The highest BCUT2D eigenvalue weighted by Gasteiger charge is 2.63. The Kier molecular flexibility index (Phi) is 6.99. The van der Waals surface area contributed by atoms with E-state index in [1.54, 1.807) is 24.3 Å². The number of benzene rings is 1. The molecule has 36 heavy (non-hydrogen) atoms. The first-order valence-electron chi connectivity index (χ1n) is 14.2. The second-order valence-corrected chi connectivity index (χ2v) is 14.7. The van der Waals surface area contributed by atoms with Crippen LogP contribution in [0.25, 0.3) is 0 Å². The molecule has 1 aromatic carbocycles. The zero-order valence-corrected chi connectivity index (χ0v) is 23.0. The Morgan fingerprint density at radius 3 is 2.44 bits per heavy atom. The molecule has 0 saturated heterocycles. The van der Waals surface area contributed by atoms with Crippen LogP contribution >= 0.6 is 0 Å². The van der Waals surface area contributed by atoms with Gasteiger partial charge < -0.3 is 0 Å². The van der Waals surface area contributed by atoms with E-state index in [2.05, 4.69) is 25.5 Å². The average molecular weight is 514 g/mol. The summed E-state index contributed by atoms with van der Waals surface area (Å²) in [6.45, 7) is 7.63. The van der Waals surface area contributed by atoms with E-state index in [1.807, 2.05) is 6.07 Å². The van der Waals surface area contributed by atoms with Gasteiger partial charge in [-0.05, 0) is 97.5 Å². The molecule has 0 aliphatic heterocycles. The molecule has 1 aromatic rings. The van der Waals surface area contributed by atoms with E-state index in [0.717, 1.165) is 32.1 Å². The molecule has 0 bridgehead atoms. The molecule has 0 heterocycles. The van der Waals surface area contributed by atoms with Crippen molar-refractivity contribution < 1.29 is 18.0 Å². The van der Waals surface area contributed by atoms with Crippen LogP contribution in [0.2, 0.25) is 0 Å². The summed E-state index contributed by atoms with van der Waals surface area (Å²) in [4.78, 5) is 26.0. The summed E-state index contributed by atoms with van der Waals surface area (Å²) in [6, 6.07) is 8.56. The number of Topliss-reactive ketones (excluding diaryl/α,β-unsaturated/α-hetero) is 2. The fraction of sp³-hybridized carbons (Fsp3) is 0.733. The molecular formula is C30H43NO4S. The highest BCUT2D eigenvalue weighted by atomic mass is 32.2. The third-order valence-corrected chi connectivity index (χ3v) is 12.7. The molecule has 198 valence electrons. The van der Waals surface area contributed by atoms with Crippen molar-refractivity contribution in [2.75, 3.05) is 6.54 Å². The predicted molar refractivity (Wildman–Crippen MR) is 141 cm³/mol. The van der Waals surface area contributed by atoms with Crippen LogP contribution in [0, 0.1) is 46.3 Å². The quantitative estimate of drug-likeness (QED) is 0.468. The maximum absolute atomic E-state index is 13.5. The van der Waals surface area contributed by atoms with Crippen LogP contribution in [0.4, 0.5) is 0 Å². The van der Waals surface area contributed by atoms with Gasteiger partial charge in [-0.3, -0.25) is 9.59 Å². The van der Waals surface area contributed by atoms with Crippen molar-refractivity contribution in [3.8, 4) is 0 Å². The standard InChI is InChI=1S/C30H43NO4S/c1-20(8-7-17-31-36(34,35)23-9-5-4-6-10-23)24-11-12-25-28-26(14-16-30(24,25)3)29(2)15-13-22(32)18-21(29)19-27(28)33/h4-6,9-10,20-21,24-26,28,31H,7-8,11-19H2,1-3H3/t20-,21+,24-,25+,26+,28+,29+,30-/m1/s1. The average Bonchev–Trinajstić information content (AvgIpc) is 3.20. The number of hydrogen-bond donors (Lipinski definition) is 1. The number of hydrogen-bond acceptors (Lipinski definition) is 4. The van der Waals surface area contributed by atoms with Gasteiger partial charge in [-0.15, -0.1) is 0 Å². The van der Waals surface area contributed by atoms with Crippen LogP contribution < -0.4 is 4.72 Å². The number of fused-ring (bicyclic) bond motifs is 5. The van der Waals surface area contributed by atoms with Crippen molar-refractivity contribution in [3.05, 3.63) is 30.3 Å². The molecule has 0 spiro atoms. The van der Waals surface area contributed by atoms with Gasteiger partial charge in [-0.1, -0.05) is 39.0 Å². The molecule has 4 fully saturated rings. The van der Waals surface area contributed by atoms with E-state index in [0.29, 0.717) is 65.9 Å². The molecule has 0 unspecified atom stereocenters. The van der Waals surface area contributed by atoms with Crippen LogP contribution in [0.1, 0.15) is 85.0 Å². The van der Waals surface area contributed by atoms with Crippen molar-refractivity contribution >= 4 is 21.6 Å². The number of rotatable bonds is 7. The van der Waals surface area contributed by atoms with Gasteiger partial charge in [0.25, 0.3) is 0 Å². The van der Waals surface area contributed by atoms with Crippen molar-refractivity contribution in [1.29, 1.82) is 0 Å². The van der Waals surface area contributed by atoms with Gasteiger partial charge >= 0.3 is 0 Å². The fourth-order valence-electron chi connectivity index (χ4n) is 9.21. The molecule has 4 saturated carbocycles. The molecular weight excluding hydrogens is 470 g/mol. The van der Waals surface area contributed by atoms with E-state index in [-0.39, 0.29) is 22.7 Å². The van der Waals surface area contributed by atoms with E-state index in [4.69, 9.17) is 0 Å². The van der Waals surface area contributed by atoms with Crippen LogP contribution in [0.15, 0.2) is 35.2 Å². The lowest BCUT2D eigenvalue weighted by atomic mass is 9.44. The van der Waals surface area contributed by atoms with Crippen LogP contribution in [-0.4, -0.2) is 26.5 Å². The molecule has 4 aliphatic carbocycles. The van der Waals surface area contributed by atoms with Crippen LogP contribution in [0.5, 0.6) is 0 Å². The van der Waals surface area contributed by atoms with Gasteiger partial charge in [0, 0.05) is 31.7 Å². The van der Waals surface area contributed by atoms with Gasteiger partial charge in [-0.25, -0.2) is 13.1 Å². The topological polar surface area (TPSA) is 80.3 Å². The highest BCUT2D eigenvalue weighted by molar-refractivity contribution is 7.89. The van der Waals surface area contributed by atoms with Crippen molar-refractivity contribution in [2.45, 2.75) is 89.9 Å². The minimum atomic E-state index is -3.46. The molecule has 4 aliphatic rings. The van der Waals surface area contributed by atoms with E-state index >= 15 is 0 Å². The Bertz CT molecular complexity index is 1100. The summed E-state index contributed by atoms with van der Waals surface area (Å²) in [5.41, 5.74) is 0.334. The first kappa shape index (κ1) is 26.1. The molecule has 5 nitrogen and oxygen atoms in total. The monoisotopic (exact) mass is 513 g/mol. The summed E-state index contributed by atoms with van der Waals surface area (Å²) < 4.78 is 27.8. The normalized spacial score (nSPS) is 39.2. The molecule has 5 rings (SSSR count). The van der Waals surface area contributed by atoms with E-state index < -0.39 is 10.0 Å². The summed E-state index contributed by atoms with van der Waals surface area (Å²) in [6.07, 6.45) is 9.30. The lowest BCUT2D eigenvalue weighted by Gasteiger charge is -2.59. The Morgan fingerprint density at radius 2 is 1.69 bits per heavy atom. The summed E-state index contributed by atoms with van der Waals surface area (Å²) in [5.74, 6) is 3.22. The number of carbonyl (C=O) groups is 2. The van der Waals surface area contributed by atoms with Gasteiger partial charge in [0.15, 0.2) is 0 Å². The third-order valence-electron chi connectivity index (χ3n) is 11.2. The smallest absolute Gasteiger partial charge is 0.240 e. The summed E-state index contributed by atoms with van der Waals surface area (Å²) in [5, 5.41) is 0. The molecule has 0 radical (unpaired) electrons. The minimum absolute atomic E-state index is 0.146. The van der Waals surface area contributed by atoms with Crippen molar-refractivity contribution in [2.24, 2.45) is 46.3 Å². The SMILES string of the molecule is C[C@H](CCCNS(=O)(=O)c1ccccc1)[C@H]1CC[C@H]2[C@@H]3C(=O)C[C@@H]4CC(=O)CC[C@]4(C)[C@H]3CC[C@]12C. The van der Waals surface area contributed by atoms with Gasteiger partial charge in [0.2, 0.25) is 10.0 Å². The Balaban J connectivity index is 1.22. The lowest BCUT2D eigenvalue weighted by molar-refractivity contribution is -0.159. The lowest BCUT2D eigenvalue weighted by Crippen LogP contribution is -2.57. The zero-order valence-electron chi connectivity index (χ0n) is 22.2. The fourth-order valence-corrected chi connectivity index (χ4v) is 10.3. The number of nitrogens with one attached hydrogen (secondary N) is 1. The first-order valence-corrected chi connectivity index (χ1v) is 15.6. The van der Waals surface area contributed by atoms with Gasteiger partial charge in [0.1, 0.15) is 11.6 Å². The minimum Gasteiger partial charge on any atom is -0.300 e. The second-order valence-electron chi connectivity index (χ2n) is 12.9.